The van der Waals surface area contributed by atoms with Crippen LogP contribution in [-0.2, 0) is 11.2 Å². The van der Waals surface area contributed by atoms with Crippen LogP contribution in [0.4, 0.5) is 0 Å². The Bertz CT molecular complexity index is 459. The van der Waals surface area contributed by atoms with Crippen molar-refractivity contribution < 1.29 is 4.79 Å². The molecule has 0 saturated heterocycles. The number of nitrogens with zero attached hydrogens (tertiary/aromatic N) is 1. The van der Waals surface area contributed by atoms with Crippen LogP contribution < -0.4 is 0 Å². The molecule has 0 aliphatic heterocycles. The van der Waals surface area contributed by atoms with E-state index in [2.05, 4.69) is 63.8 Å². The molecule has 0 spiro atoms. The summed E-state index contributed by atoms with van der Waals surface area (Å²) in [6.45, 7) is 15.9. The fourth-order valence-corrected chi connectivity index (χ4v) is 2.83. The highest BCUT2D eigenvalue weighted by Crippen LogP contribution is 2.18. The van der Waals surface area contributed by atoms with Crippen LogP contribution in [-0.4, -0.2) is 29.3 Å². The largest absolute Gasteiger partial charge is 0.298 e. The van der Waals surface area contributed by atoms with E-state index in [0.717, 1.165) is 13.0 Å². The summed E-state index contributed by atoms with van der Waals surface area (Å²) in [5.41, 5.74) is 2.51. The molecule has 0 unspecified atom stereocenters. The fourth-order valence-electron chi connectivity index (χ4n) is 2.83. The topological polar surface area (TPSA) is 20.3 Å². The second-order valence-corrected chi connectivity index (χ2v) is 7.45. The second-order valence-electron chi connectivity index (χ2n) is 7.45. The number of hydrogen-bond acceptors (Lipinski definition) is 2. The predicted molar refractivity (Wildman–Crippen MR) is 95.2 cm³/mol. The zero-order valence-electron chi connectivity index (χ0n) is 15.4. The molecular weight excluding hydrogens is 270 g/mol. The van der Waals surface area contributed by atoms with E-state index in [-0.39, 0.29) is 12.0 Å². The summed E-state index contributed by atoms with van der Waals surface area (Å²) in [7, 11) is 0. The number of carbonyl (C=O) groups excluding carboxylic acids is 1. The van der Waals surface area contributed by atoms with Gasteiger partial charge in [0.15, 0.2) is 5.78 Å². The molecule has 0 N–H and O–H groups in total. The molecule has 2 heteroatoms. The molecule has 0 aliphatic rings. The van der Waals surface area contributed by atoms with Gasteiger partial charge in [-0.15, -0.1) is 0 Å². The van der Waals surface area contributed by atoms with Crippen molar-refractivity contribution >= 4 is 5.78 Å². The number of aryl methyl sites for hydroxylation is 1. The molecule has 0 saturated carbocycles. The first kappa shape index (κ1) is 18.9. The van der Waals surface area contributed by atoms with Gasteiger partial charge in [-0.3, -0.25) is 9.69 Å². The molecule has 0 bridgehead atoms. The third-order valence-electron chi connectivity index (χ3n) is 4.09. The maximum atomic E-state index is 12.8. The molecule has 1 aromatic carbocycles. The van der Waals surface area contributed by atoms with E-state index in [1.54, 1.807) is 0 Å². The third-order valence-corrected chi connectivity index (χ3v) is 4.09. The van der Waals surface area contributed by atoms with E-state index in [4.69, 9.17) is 0 Å². The highest BCUT2D eigenvalue weighted by Gasteiger charge is 2.29. The average molecular weight is 303 g/mol. The molecule has 0 aliphatic carbocycles. The van der Waals surface area contributed by atoms with Crippen molar-refractivity contribution in [1.82, 2.24) is 4.90 Å². The van der Waals surface area contributed by atoms with Gasteiger partial charge in [-0.1, -0.05) is 57.5 Å². The summed E-state index contributed by atoms with van der Waals surface area (Å²) in [6, 6.07) is 8.93. The SMILES string of the molecule is Cc1ccc(C[C@@H](C(=O)C(C)C)N(CC(C)C)C(C)C)cc1. The molecule has 0 aromatic heterocycles. The molecular formula is C20H33NO. The minimum absolute atomic E-state index is 0.0230. The van der Waals surface area contributed by atoms with E-state index >= 15 is 0 Å². The van der Waals surface area contributed by atoms with Gasteiger partial charge >= 0.3 is 0 Å². The van der Waals surface area contributed by atoms with Crippen molar-refractivity contribution in [1.29, 1.82) is 0 Å². The van der Waals surface area contributed by atoms with Crippen molar-refractivity contribution in [2.75, 3.05) is 6.54 Å². The first-order chi connectivity index (χ1) is 10.2. The third kappa shape index (κ3) is 5.57. The Morgan fingerprint density at radius 2 is 1.55 bits per heavy atom. The van der Waals surface area contributed by atoms with Gasteiger partial charge in [0.05, 0.1) is 6.04 Å². The lowest BCUT2D eigenvalue weighted by Crippen LogP contribution is -2.49. The van der Waals surface area contributed by atoms with Gasteiger partial charge in [-0.05, 0) is 38.7 Å². The Labute approximate surface area is 136 Å². The van der Waals surface area contributed by atoms with Crippen LogP contribution in [0.3, 0.4) is 0 Å². The summed E-state index contributed by atoms with van der Waals surface area (Å²) in [5, 5.41) is 0. The van der Waals surface area contributed by atoms with Crippen LogP contribution in [0.5, 0.6) is 0 Å². The average Bonchev–Trinajstić information content (AvgIpc) is 2.43. The first-order valence-corrected chi connectivity index (χ1v) is 8.57. The number of benzene rings is 1. The molecule has 0 fully saturated rings. The Hall–Kier alpha value is -1.15. The first-order valence-electron chi connectivity index (χ1n) is 8.57. The highest BCUT2D eigenvalue weighted by atomic mass is 16.1. The predicted octanol–water partition coefficient (Wildman–Crippen LogP) is 4.50. The summed E-state index contributed by atoms with van der Waals surface area (Å²) in [6.07, 6.45) is 0.808. The van der Waals surface area contributed by atoms with Gasteiger partial charge in [0.25, 0.3) is 0 Å². The molecule has 124 valence electrons. The van der Waals surface area contributed by atoms with Crippen LogP contribution in [0.1, 0.15) is 52.7 Å². The van der Waals surface area contributed by atoms with Crippen molar-refractivity contribution in [3.05, 3.63) is 35.4 Å². The molecule has 1 atom stereocenters. The Balaban J connectivity index is 3.04. The minimum Gasteiger partial charge on any atom is -0.298 e. The van der Waals surface area contributed by atoms with Gasteiger partial charge in [0.2, 0.25) is 0 Å². The summed E-state index contributed by atoms with van der Waals surface area (Å²) >= 11 is 0. The molecule has 1 rings (SSSR count). The number of carbonyl (C=O) groups is 1. The molecule has 0 radical (unpaired) electrons. The van der Waals surface area contributed by atoms with Gasteiger partial charge in [0.1, 0.15) is 0 Å². The van der Waals surface area contributed by atoms with E-state index in [0.29, 0.717) is 17.7 Å². The summed E-state index contributed by atoms with van der Waals surface area (Å²) in [5.74, 6) is 0.988. The standard InChI is InChI=1S/C20H33NO/c1-14(2)13-21(16(5)6)19(20(22)15(3)4)12-18-10-8-17(7)9-11-18/h8-11,14-16,19H,12-13H2,1-7H3/t19-/m0/s1. The minimum atomic E-state index is -0.0230. The Morgan fingerprint density at radius 1 is 1.00 bits per heavy atom. The van der Waals surface area contributed by atoms with Crippen LogP contribution in [0.2, 0.25) is 0 Å². The highest BCUT2D eigenvalue weighted by molar-refractivity contribution is 5.86. The van der Waals surface area contributed by atoms with E-state index in [9.17, 15) is 4.79 Å². The van der Waals surface area contributed by atoms with Crippen molar-refractivity contribution in [3.63, 3.8) is 0 Å². The molecule has 0 heterocycles. The van der Waals surface area contributed by atoms with Crippen LogP contribution in [0.15, 0.2) is 24.3 Å². The lowest BCUT2D eigenvalue weighted by Gasteiger charge is -2.36. The van der Waals surface area contributed by atoms with Gasteiger partial charge < -0.3 is 0 Å². The van der Waals surface area contributed by atoms with Crippen LogP contribution >= 0.6 is 0 Å². The summed E-state index contributed by atoms with van der Waals surface area (Å²) < 4.78 is 0. The van der Waals surface area contributed by atoms with Crippen LogP contribution in [0, 0.1) is 18.8 Å². The number of rotatable bonds is 8. The molecule has 22 heavy (non-hydrogen) atoms. The van der Waals surface area contributed by atoms with E-state index < -0.39 is 0 Å². The second kappa shape index (κ2) is 8.47. The smallest absolute Gasteiger partial charge is 0.152 e. The van der Waals surface area contributed by atoms with Crippen molar-refractivity contribution in [3.8, 4) is 0 Å². The van der Waals surface area contributed by atoms with Gasteiger partial charge in [-0.25, -0.2) is 0 Å². The Morgan fingerprint density at radius 3 is 1.95 bits per heavy atom. The van der Waals surface area contributed by atoms with Crippen LogP contribution in [0.25, 0.3) is 0 Å². The maximum absolute atomic E-state index is 12.8. The van der Waals surface area contributed by atoms with Crippen molar-refractivity contribution in [2.45, 2.75) is 67.0 Å². The van der Waals surface area contributed by atoms with Gasteiger partial charge in [-0.2, -0.15) is 0 Å². The van der Waals surface area contributed by atoms with Gasteiger partial charge in [0, 0.05) is 18.5 Å². The molecule has 0 amide bonds. The Kier molecular flexibility index (Phi) is 7.28. The fraction of sp³-hybridized carbons (Fsp3) is 0.650. The zero-order valence-corrected chi connectivity index (χ0v) is 15.4. The maximum Gasteiger partial charge on any atom is 0.152 e. The van der Waals surface area contributed by atoms with E-state index in [1.165, 1.54) is 11.1 Å². The lowest BCUT2D eigenvalue weighted by molar-refractivity contribution is -0.128. The molecule has 1 aromatic rings. The quantitative estimate of drug-likeness (QED) is 0.705. The molecule has 2 nitrogen and oxygen atoms in total. The lowest BCUT2D eigenvalue weighted by atomic mass is 9.92. The van der Waals surface area contributed by atoms with E-state index in [1.807, 2.05) is 13.8 Å². The van der Waals surface area contributed by atoms with Crippen molar-refractivity contribution in [2.24, 2.45) is 11.8 Å². The monoisotopic (exact) mass is 303 g/mol. The number of ketones is 1. The zero-order chi connectivity index (χ0) is 16.9. The number of Topliss-reactive ketones (excluding diaryl/α,β-unsaturated/α-hetero) is 1. The number of hydrogen-bond donors (Lipinski definition) is 0. The summed E-state index contributed by atoms with van der Waals surface area (Å²) in [4.78, 5) is 15.2. The normalized spacial score (nSPS) is 13.4.